The van der Waals surface area contributed by atoms with Crippen molar-refractivity contribution >= 4 is 5.96 Å². The number of alkyl halides is 3. The van der Waals surface area contributed by atoms with Crippen molar-refractivity contribution in [3.63, 3.8) is 0 Å². The standard InChI is InChI=1S/C19H22F3N3O/c1-14-5-3-6-15(9-14)11-24-18(23-2)25-12-16-7-4-8-17(10-16)26-13-19(20,21)22/h3-10H,11-13H2,1-2H3,(H2,23,24,25). The first-order chi connectivity index (χ1) is 12.4. The van der Waals surface area contributed by atoms with Crippen LogP contribution in [0.4, 0.5) is 13.2 Å². The lowest BCUT2D eigenvalue weighted by Crippen LogP contribution is -2.36. The van der Waals surface area contributed by atoms with Gasteiger partial charge < -0.3 is 15.4 Å². The maximum atomic E-state index is 12.2. The molecular formula is C19H22F3N3O. The molecule has 0 fully saturated rings. The summed E-state index contributed by atoms with van der Waals surface area (Å²) in [6.45, 7) is 1.76. The molecule has 2 aromatic rings. The first kappa shape index (κ1) is 19.6. The van der Waals surface area contributed by atoms with Crippen LogP contribution < -0.4 is 15.4 Å². The van der Waals surface area contributed by atoms with Crippen LogP contribution in [0.5, 0.6) is 5.75 Å². The molecule has 0 aliphatic heterocycles. The molecule has 0 amide bonds. The van der Waals surface area contributed by atoms with E-state index in [9.17, 15) is 13.2 Å². The molecule has 2 aromatic carbocycles. The van der Waals surface area contributed by atoms with Gasteiger partial charge in [-0.3, -0.25) is 4.99 Å². The lowest BCUT2D eigenvalue weighted by molar-refractivity contribution is -0.153. The van der Waals surface area contributed by atoms with Crippen LogP contribution in [0.3, 0.4) is 0 Å². The SMILES string of the molecule is CN=C(NCc1cccc(C)c1)NCc1cccc(OCC(F)(F)F)c1. The quantitative estimate of drug-likeness (QED) is 0.605. The molecule has 0 atom stereocenters. The van der Waals surface area contributed by atoms with Crippen LogP contribution in [0.1, 0.15) is 16.7 Å². The van der Waals surface area contributed by atoms with Gasteiger partial charge in [-0.25, -0.2) is 0 Å². The molecule has 0 heterocycles. The number of nitrogens with zero attached hydrogens (tertiary/aromatic N) is 1. The van der Waals surface area contributed by atoms with Crippen molar-refractivity contribution in [3.05, 3.63) is 65.2 Å². The minimum absolute atomic E-state index is 0.185. The van der Waals surface area contributed by atoms with Crippen LogP contribution >= 0.6 is 0 Å². The fourth-order valence-electron chi connectivity index (χ4n) is 2.32. The zero-order valence-electron chi connectivity index (χ0n) is 14.7. The van der Waals surface area contributed by atoms with Crippen molar-refractivity contribution in [2.45, 2.75) is 26.2 Å². The summed E-state index contributed by atoms with van der Waals surface area (Å²) in [5.41, 5.74) is 3.11. The van der Waals surface area contributed by atoms with E-state index in [1.807, 2.05) is 25.1 Å². The predicted octanol–water partition coefficient (Wildman–Crippen LogP) is 3.80. The molecule has 0 unspecified atom stereocenters. The van der Waals surface area contributed by atoms with Gasteiger partial charge in [0.25, 0.3) is 0 Å². The molecule has 0 aliphatic carbocycles. The highest BCUT2D eigenvalue weighted by Crippen LogP contribution is 2.19. The summed E-state index contributed by atoms with van der Waals surface area (Å²) in [7, 11) is 1.66. The molecule has 26 heavy (non-hydrogen) atoms. The Balaban J connectivity index is 1.86. The second-order valence-corrected chi connectivity index (χ2v) is 5.82. The van der Waals surface area contributed by atoms with Gasteiger partial charge in [-0.05, 0) is 30.2 Å². The first-order valence-electron chi connectivity index (χ1n) is 8.14. The first-order valence-corrected chi connectivity index (χ1v) is 8.14. The molecule has 0 aliphatic rings. The highest BCUT2D eigenvalue weighted by molar-refractivity contribution is 5.79. The van der Waals surface area contributed by atoms with Gasteiger partial charge in [-0.1, -0.05) is 42.0 Å². The van der Waals surface area contributed by atoms with E-state index < -0.39 is 12.8 Å². The van der Waals surface area contributed by atoms with Gasteiger partial charge >= 0.3 is 6.18 Å². The Morgan fingerprint density at radius 2 is 1.62 bits per heavy atom. The van der Waals surface area contributed by atoms with Crippen LogP contribution in [0.25, 0.3) is 0 Å². The van der Waals surface area contributed by atoms with Crippen molar-refractivity contribution in [1.82, 2.24) is 10.6 Å². The Hall–Kier alpha value is -2.70. The van der Waals surface area contributed by atoms with E-state index in [0.29, 0.717) is 19.0 Å². The van der Waals surface area contributed by atoms with E-state index in [1.165, 1.54) is 11.6 Å². The van der Waals surface area contributed by atoms with E-state index in [1.54, 1.807) is 25.2 Å². The van der Waals surface area contributed by atoms with Gasteiger partial charge in [0.1, 0.15) is 5.75 Å². The van der Waals surface area contributed by atoms with E-state index in [0.717, 1.165) is 11.1 Å². The Morgan fingerprint density at radius 3 is 2.19 bits per heavy atom. The third-order valence-electron chi connectivity index (χ3n) is 3.53. The summed E-state index contributed by atoms with van der Waals surface area (Å²) in [5, 5.41) is 6.33. The summed E-state index contributed by atoms with van der Waals surface area (Å²) in [6, 6.07) is 14.7. The second-order valence-electron chi connectivity index (χ2n) is 5.82. The summed E-state index contributed by atoms with van der Waals surface area (Å²) >= 11 is 0. The predicted molar refractivity (Wildman–Crippen MR) is 96.2 cm³/mol. The maximum Gasteiger partial charge on any atom is 0.422 e. The lowest BCUT2D eigenvalue weighted by Gasteiger charge is -2.13. The minimum Gasteiger partial charge on any atom is -0.484 e. The number of aryl methyl sites for hydroxylation is 1. The van der Waals surface area contributed by atoms with Gasteiger partial charge in [0.2, 0.25) is 0 Å². The molecule has 0 aromatic heterocycles. The molecule has 0 spiro atoms. The molecule has 2 rings (SSSR count). The summed E-state index contributed by atoms with van der Waals surface area (Å²) < 4.78 is 41.5. The van der Waals surface area contributed by atoms with Crippen LogP contribution in [0.15, 0.2) is 53.5 Å². The second kappa shape index (κ2) is 9.12. The lowest BCUT2D eigenvalue weighted by atomic mass is 10.1. The molecule has 0 saturated heterocycles. The monoisotopic (exact) mass is 365 g/mol. The highest BCUT2D eigenvalue weighted by Gasteiger charge is 2.28. The molecular weight excluding hydrogens is 343 g/mol. The van der Waals surface area contributed by atoms with Crippen molar-refractivity contribution in [1.29, 1.82) is 0 Å². The van der Waals surface area contributed by atoms with Gasteiger partial charge in [-0.2, -0.15) is 13.2 Å². The third-order valence-corrected chi connectivity index (χ3v) is 3.53. The minimum atomic E-state index is -4.35. The maximum absolute atomic E-state index is 12.2. The molecule has 140 valence electrons. The molecule has 0 bridgehead atoms. The topological polar surface area (TPSA) is 45.7 Å². The fourth-order valence-corrected chi connectivity index (χ4v) is 2.32. The molecule has 2 N–H and O–H groups in total. The number of hydrogen-bond donors (Lipinski definition) is 2. The average molecular weight is 365 g/mol. The smallest absolute Gasteiger partial charge is 0.422 e. The number of rotatable bonds is 6. The van der Waals surface area contributed by atoms with E-state index in [4.69, 9.17) is 4.74 Å². The summed E-state index contributed by atoms with van der Waals surface area (Å²) in [6.07, 6.45) is -4.35. The van der Waals surface area contributed by atoms with Crippen LogP contribution in [0, 0.1) is 6.92 Å². The Bertz CT molecular complexity index is 745. The van der Waals surface area contributed by atoms with E-state index in [2.05, 4.69) is 21.7 Å². The number of aliphatic imine (C=N–C) groups is 1. The number of halogens is 3. The van der Waals surface area contributed by atoms with Gasteiger partial charge in [0.15, 0.2) is 12.6 Å². The Kier molecular flexibility index (Phi) is 6.89. The molecule has 7 heteroatoms. The zero-order chi connectivity index (χ0) is 19.0. The third kappa shape index (κ3) is 7.04. The highest BCUT2D eigenvalue weighted by atomic mass is 19.4. The van der Waals surface area contributed by atoms with Gasteiger partial charge in [0.05, 0.1) is 0 Å². The Morgan fingerprint density at radius 1 is 1.00 bits per heavy atom. The van der Waals surface area contributed by atoms with E-state index in [-0.39, 0.29) is 5.75 Å². The number of guanidine groups is 1. The zero-order valence-corrected chi connectivity index (χ0v) is 14.7. The summed E-state index contributed by atoms with van der Waals surface area (Å²) in [4.78, 5) is 4.15. The number of benzene rings is 2. The van der Waals surface area contributed by atoms with Crippen molar-refractivity contribution in [3.8, 4) is 5.75 Å². The summed E-state index contributed by atoms with van der Waals surface area (Å²) in [5.74, 6) is 0.789. The molecule has 0 saturated carbocycles. The number of nitrogens with one attached hydrogen (secondary N) is 2. The van der Waals surface area contributed by atoms with Crippen LogP contribution in [-0.2, 0) is 13.1 Å². The number of ether oxygens (including phenoxy) is 1. The van der Waals surface area contributed by atoms with Crippen LogP contribution in [0.2, 0.25) is 0 Å². The molecule has 0 radical (unpaired) electrons. The molecule has 4 nitrogen and oxygen atoms in total. The van der Waals surface area contributed by atoms with Crippen LogP contribution in [-0.4, -0.2) is 25.8 Å². The fraction of sp³-hybridized carbons (Fsp3) is 0.316. The number of hydrogen-bond acceptors (Lipinski definition) is 2. The van der Waals surface area contributed by atoms with Crippen molar-refractivity contribution < 1.29 is 17.9 Å². The average Bonchev–Trinajstić information content (AvgIpc) is 2.60. The van der Waals surface area contributed by atoms with Gasteiger partial charge in [-0.15, -0.1) is 0 Å². The van der Waals surface area contributed by atoms with Crippen molar-refractivity contribution in [2.75, 3.05) is 13.7 Å². The van der Waals surface area contributed by atoms with E-state index >= 15 is 0 Å². The Labute approximate surface area is 151 Å². The normalized spacial score (nSPS) is 12.0. The van der Waals surface area contributed by atoms with Gasteiger partial charge in [0, 0.05) is 20.1 Å². The van der Waals surface area contributed by atoms with Crippen molar-refractivity contribution in [2.24, 2.45) is 4.99 Å². The largest absolute Gasteiger partial charge is 0.484 e.